The van der Waals surface area contributed by atoms with Crippen LogP contribution in [0.3, 0.4) is 0 Å². The summed E-state index contributed by atoms with van der Waals surface area (Å²) in [4.78, 5) is 16.6. The van der Waals surface area contributed by atoms with Gasteiger partial charge in [-0.3, -0.25) is 14.6 Å². The Labute approximate surface area is 144 Å². The first-order valence-electron chi connectivity index (χ1n) is 9.56. The Hall–Kier alpha value is -1.39. The van der Waals surface area contributed by atoms with E-state index in [9.17, 15) is 9.90 Å². The Bertz CT molecular complexity index is 596. The number of carbonyl (C=O) groups is 1. The van der Waals surface area contributed by atoms with E-state index in [4.69, 9.17) is 0 Å². The van der Waals surface area contributed by atoms with Gasteiger partial charge in [-0.05, 0) is 37.1 Å². The molecular weight excluding hydrogens is 300 g/mol. The fraction of sp³-hybridized carbons (Fsp3) is 0.650. The van der Waals surface area contributed by atoms with Crippen molar-refractivity contribution in [2.45, 2.75) is 45.7 Å². The molecule has 24 heavy (non-hydrogen) atoms. The summed E-state index contributed by atoms with van der Waals surface area (Å²) in [5, 5.41) is 9.61. The van der Waals surface area contributed by atoms with Crippen LogP contribution in [0.4, 0.5) is 0 Å². The van der Waals surface area contributed by atoms with Crippen LogP contribution in [0.1, 0.15) is 51.3 Å². The van der Waals surface area contributed by atoms with E-state index in [1.54, 1.807) is 21.9 Å². The number of quaternary nitrogens is 2. The molecule has 0 spiro atoms. The molecule has 4 bridgehead atoms. The van der Waals surface area contributed by atoms with E-state index in [0.717, 1.165) is 51.9 Å². The van der Waals surface area contributed by atoms with Crippen LogP contribution in [0.25, 0.3) is 0 Å². The summed E-state index contributed by atoms with van der Waals surface area (Å²) in [6.45, 7) is 8.43. The third kappa shape index (κ3) is 2.16. The van der Waals surface area contributed by atoms with Crippen molar-refractivity contribution in [1.29, 1.82) is 0 Å². The van der Waals surface area contributed by atoms with Gasteiger partial charge >= 0.3 is 0 Å². The molecule has 0 radical (unpaired) electrons. The quantitative estimate of drug-likeness (QED) is 0.729. The second-order valence-electron chi connectivity index (χ2n) is 8.44. The van der Waals surface area contributed by atoms with E-state index < -0.39 is 0 Å². The average Bonchev–Trinajstić information content (AvgIpc) is 2.54. The van der Waals surface area contributed by atoms with Crippen LogP contribution in [-0.2, 0) is 4.79 Å². The number of hydrogen-bond acceptors (Lipinski definition) is 2. The number of ketones is 1. The summed E-state index contributed by atoms with van der Waals surface area (Å²) in [6, 6.07) is 7.75. The second kappa shape index (κ2) is 5.57. The highest BCUT2D eigenvalue weighted by Crippen LogP contribution is 2.42. The van der Waals surface area contributed by atoms with Crippen LogP contribution in [0, 0.1) is 10.8 Å². The molecule has 0 unspecified atom stereocenters. The molecule has 4 fully saturated rings. The zero-order chi connectivity index (χ0) is 16.9. The zero-order valence-electron chi connectivity index (χ0n) is 14.9. The number of carbonyl (C=O) groups excluding carboxylic acids is 1. The van der Waals surface area contributed by atoms with Crippen molar-refractivity contribution in [3.05, 3.63) is 29.8 Å². The number of hydrogen-bond donors (Lipinski definition) is 3. The SMILES string of the molecule is CCCC12C[NH+]3CC(CCC)(C[NH+](C1)C3c1ccc(O)cc1)C2=O. The molecule has 5 rings (SSSR count). The molecule has 4 aliphatic heterocycles. The Kier molecular flexibility index (Phi) is 3.73. The van der Waals surface area contributed by atoms with Gasteiger partial charge in [0, 0.05) is 0 Å². The standard InChI is InChI=1S/C20H28N2O2/c1-3-9-19-11-21-13-20(10-4-2,18(19)24)14-22(12-19)17(21)15-5-7-16(23)8-6-15/h5-8,17,23H,3-4,9-14H2,1-2H3/p+2. The first kappa shape index (κ1) is 16.1. The number of nitrogens with one attached hydrogen (secondary N) is 2. The van der Waals surface area contributed by atoms with Crippen LogP contribution in [-0.4, -0.2) is 37.1 Å². The summed E-state index contributed by atoms with van der Waals surface area (Å²) < 4.78 is 0. The highest BCUT2D eigenvalue weighted by molar-refractivity contribution is 5.92. The van der Waals surface area contributed by atoms with Gasteiger partial charge in [-0.25, -0.2) is 0 Å². The second-order valence-corrected chi connectivity index (χ2v) is 8.44. The number of phenolic OH excluding ortho intramolecular Hbond substituents is 1. The first-order chi connectivity index (χ1) is 11.5. The summed E-state index contributed by atoms with van der Waals surface area (Å²) in [5.41, 5.74) is 1.14. The van der Waals surface area contributed by atoms with E-state index in [1.165, 1.54) is 5.56 Å². The monoisotopic (exact) mass is 330 g/mol. The summed E-state index contributed by atoms with van der Waals surface area (Å²) in [6.07, 6.45) is 4.71. The number of rotatable bonds is 5. The molecule has 1 aromatic rings. The fourth-order valence-corrected chi connectivity index (χ4v) is 6.25. The predicted molar refractivity (Wildman–Crippen MR) is 91.9 cm³/mol. The van der Waals surface area contributed by atoms with Crippen LogP contribution < -0.4 is 9.80 Å². The highest BCUT2D eigenvalue weighted by Gasteiger charge is 2.70. The topological polar surface area (TPSA) is 46.2 Å². The maximum Gasteiger partial charge on any atom is 0.240 e. The van der Waals surface area contributed by atoms with Crippen LogP contribution in [0.15, 0.2) is 24.3 Å². The molecule has 4 aliphatic rings. The van der Waals surface area contributed by atoms with Gasteiger partial charge in [-0.15, -0.1) is 0 Å². The molecule has 0 atom stereocenters. The highest BCUT2D eigenvalue weighted by atomic mass is 16.3. The maximum atomic E-state index is 13.4. The van der Waals surface area contributed by atoms with E-state index in [-0.39, 0.29) is 10.8 Å². The van der Waals surface area contributed by atoms with Crippen molar-refractivity contribution in [3.8, 4) is 5.75 Å². The lowest BCUT2D eigenvalue weighted by Gasteiger charge is -2.60. The number of aromatic hydroxyl groups is 1. The Morgan fingerprint density at radius 2 is 1.42 bits per heavy atom. The van der Waals surface area contributed by atoms with Crippen molar-refractivity contribution in [3.63, 3.8) is 0 Å². The van der Waals surface area contributed by atoms with Gasteiger partial charge in [0.1, 0.15) is 42.8 Å². The predicted octanol–water partition coefficient (Wildman–Crippen LogP) is 0.344. The molecule has 0 saturated carbocycles. The molecule has 130 valence electrons. The van der Waals surface area contributed by atoms with Crippen molar-refractivity contribution in [2.24, 2.45) is 10.8 Å². The molecule has 0 aliphatic carbocycles. The third-order valence-electron chi connectivity index (χ3n) is 6.73. The molecule has 4 heterocycles. The normalized spacial score (nSPS) is 40.2. The molecule has 4 heteroatoms. The zero-order valence-corrected chi connectivity index (χ0v) is 14.9. The van der Waals surface area contributed by atoms with Gasteiger partial charge in [-0.2, -0.15) is 0 Å². The Balaban J connectivity index is 1.72. The molecule has 4 saturated heterocycles. The molecule has 3 N–H and O–H groups in total. The van der Waals surface area contributed by atoms with Crippen molar-refractivity contribution < 1.29 is 19.7 Å². The van der Waals surface area contributed by atoms with Gasteiger partial charge in [0.2, 0.25) is 6.17 Å². The molecular formula is C20H30N2O2+2. The number of phenols is 1. The van der Waals surface area contributed by atoms with E-state index in [0.29, 0.717) is 17.7 Å². The van der Waals surface area contributed by atoms with Crippen molar-refractivity contribution in [1.82, 2.24) is 0 Å². The van der Waals surface area contributed by atoms with Crippen LogP contribution in [0.2, 0.25) is 0 Å². The van der Waals surface area contributed by atoms with E-state index >= 15 is 0 Å². The Morgan fingerprint density at radius 3 is 1.83 bits per heavy atom. The molecule has 0 amide bonds. The largest absolute Gasteiger partial charge is 0.508 e. The Morgan fingerprint density at radius 1 is 0.958 bits per heavy atom. The fourth-order valence-electron chi connectivity index (χ4n) is 6.25. The lowest BCUT2D eigenvalue weighted by molar-refractivity contribution is -1.18. The maximum absolute atomic E-state index is 13.4. The molecule has 0 aromatic heterocycles. The van der Waals surface area contributed by atoms with Gasteiger partial charge in [0.15, 0.2) is 5.78 Å². The molecule has 4 nitrogen and oxygen atoms in total. The van der Waals surface area contributed by atoms with E-state index in [2.05, 4.69) is 26.0 Å². The number of Topliss-reactive ketones (excluding diaryl/α,β-unsaturated/α-hetero) is 1. The van der Waals surface area contributed by atoms with Gasteiger partial charge in [0.05, 0.1) is 5.56 Å². The smallest absolute Gasteiger partial charge is 0.240 e. The van der Waals surface area contributed by atoms with Gasteiger partial charge in [0.25, 0.3) is 0 Å². The summed E-state index contributed by atoms with van der Waals surface area (Å²) in [7, 11) is 0. The minimum absolute atomic E-state index is 0.0848. The lowest BCUT2D eigenvalue weighted by Crippen LogP contribution is -3.41. The summed E-state index contributed by atoms with van der Waals surface area (Å²) in [5.74, 6) is 0.924. The minimum atomic E-state index is -0.0848. The van der Waals surface area contributed by atoms with Crippen molar-refractivity contribution >= 4 is 5.78 Å². The average molecular weight is 330 g/mol. The number of benzene rings is 1. The van der Waals surface area contributed by atoms with Crippen LogP contribution >= 0.6 is 0 Å². The van der Waals surface area contributed by atoms with E-state index in [1.807, 2.05) is 0 Å². The van der Waals surface area contributed by atoms with Gasteiger partial charge in [-0.1, -0.05) is 26.7 Å². The lowest BCUT2D eigenvalue weighted by atomic mass is 9.57. The van der Waals surface area contributed by atoms with Gasteiger partial charge < -0.3 is 5.11 Å². The third-order valence-corrected chi connectivity index (χ3v) is 6.73. The first-order valence-corrected chi connectivity index (χ1v) is 9.56. The number of piperidine rings is 2. The molecule has 1 aromatic carbocycles. The summed E-state index contributed by atoms with van der Waals surface area (Å²) >= 11 is 0. The van der Waals surface area contributed by atoms with Crippen molar-refractivity contribution in [2.75, 3.05) is 26.2 Å². The van der Waals surface area contributed by atoms with Crippen LogP contribution in [0.5, 0.6) is 5.75 Å². The minimum Gasteiger partial charge on any atom is -0.508 e.